The van der Waals surface area contributed by atoms with Crippen molar-refractivity contribution in [2.45, 2.75) is 88.2 Å². The molecule has 1 aromatic carbocycles. The molecule has 4 rings (SSSR count). The molecule has 2 saturated carbocycles. The van der Waals surface area contributed by atoms with Crippen molar-refractivity contribution in [3.63, 3.8) is 0 Å². The van der Waals surface area contributed by atoms with Gasteiger partial charge in [0, 0.05) is 23.9 Å². The van der Waals surface area contributed by atoms with Crippen LogP contribution >= 0.6 is 0 Å². The van der Waals surface area contributed by atoms with Gasteiger partial charge in [0.2, 0.25) is 0 Å². The average molecular weight is 449 g/mol. The van der Waals surface area contributed by atoms with Crippen LogP contribution in [0, 0.1) is 5.92 Å². The topological polar surface area (TPSA) is 52.9 Å². The molecule has 1 N–H and O–H groups in total. The molecule has 2 aliphatic carbocycles. The fourth-order valence-corrected chi connectivity index (χ4v) is 5.12. The van der Waals surface area contributed by atoms with Crippen LogP contribution < -0.4 is 0 Å². The van der Waals surface area contributed by atoms with Crippen LogP contribution in [0.2, 0.25) is 0 Å². The van der Waals surface area contributed by atoms with E-state index in [9.17, 15) is 23.1 Å². The Morgan fingerprint density at radius 3 is 2.16 bits per heavy atom. The lowest BCUT2D eigenvalue weighted by Crippen LogP contribution is -2.51. The summed E-state index contributed by atoms with van der Waals surface area (Å²) < 4.78 is 39.4. The highest BCUT2D eigenvalue weighted by atomic mass is 19.4. The quantitative estimate of drug-likeness (QED) is 0.655. The third-order valence-corrected chi connectivity index (χ3v) is 7.50. The number of amides is 1. The molecule has 3 aliphatic rings. The Morgan fingerprint density at radius 1 is 1.03 bits per heavy atom. The molecule has 2 atom stereocenters. The number of carbonyl (C=O) groups is 1. The number of rotatable bonds is 5. The van der Waals surface area contributed by atoms with Gasteiger partial charge in [0.25, 0.3) is 5.91 Å². The Morgan fingerprint density at radius 2 is 1.66 bits per heavy atom. The standard InChI is InChI=1S/C25H31F3N2O2/c1-24(32,25(26,27)28)19-12-8-18(9-13-19)23(31)30(20-5-4-6-20)21-14-10-17(11-15-21)22-7-2-3-16-29-22/h2-3,8-9,12-13,16-17,20-22,32H,4-7,10-11,14-15H2,1H3/t17-,21-,22?,24-/m0/s1. The largest absolute Gasteiger partial charge is 0.421 e. The van der Waals surface area contributed by atoms with Crippen LogP contribution in [0.5, 0.6) is 0 Å². The number of hydrogen-bond acceptors (Lipinski definition) is 3. The van der Waals surface area contributed by atoms with Crippen LogP contribution in [0.3, 0.4) is 0 Å². The second kappa shape index (κ2) is 9.00. The van der Waals surface area contributed by atoms with Gasteiger partial charge in [-0.1, -0.05) is 18.2 Å². The smallest absolute Gasteiger partial charge is 0.376 e. The Hall–Kier alpha value is -2.15. The number of hydrogen-bond donors (Lipinski definition) is 1. The number of halogens is 3. The summed E-state index contributed by atoms with van der Waals surface area (Å²) in [5, 5.41) is 9.90. The van der Waals surface area contributed by atoms with Crippen molar-refractivity contribution in [3.8, 4) is 0 Å². The van der Waals surface area contributed by atoms with Gasteiger partial charge >= 0.3 is 6.18 Å². The second-order valence-electron chi connectivity index (χ2n) is 9.54. The van der Waals surface area contributed by atoms with Crippen LogP contribution in [0.1, 0.15) is 74.2 Å². The molecule has 7 heteroatoms. The lowest BCUT2D eigenvalue weighted by molar-refractivity contribution is -0.258. The first kappa shape index (κ1) is 23.0. The van der Waals surface area contributed by atoms with Crippen molar-refractivity contribution in [1.82, 2.24) is 4.90 Å². The molecule has 1 aliphatic heterocycles. The highest BCUT2D eigenvalue weighted by Gasteiger charge is 2.51. The number of allylic oxidation sites excluding steroid dienone is 1. The van der Waals surface area contributed by atoms with E-state index in [-0.39, 0.29) is 23.6 Å². The van der Waals surface area contributed by atoms with E-state index < -0.39 is 11.8 Å². The Kier molecular flexibility index (Phi) is 6.48. The fraction of sp³-hybridized carbons (Fsp3) is 0.600. The van der Waals surface area contributed by atoms with Crippen LogP contribution in [-0.2, 0) is 5.60 Å². The summed E-state index contributed by atoms with van der Waals surface area (Å²) in [6.45, 7) is 0.731. The number of benzene rings is 1. The summed E-state index contributed by atoms with van der Waals surface area (Å²) in [7, 11) is 0. The summed E-state index contributed by atoms with van der Waals surface area (Å²) in [5.41, 5.74) is -2.83. The van der Waals surface area contributed by atoms with Gasteiger partial charge in [-0.2, -0.15) is 13.2 Å². The first-order valence-corrected chi connectivity index (χ1v) is 11.6. The Labute approximate surface area is 187 Å². The van der Waals surface area contributed by atoms with Gasteiger partial charge < -0.3 is 10.0 Å². The molecule has 0 bridgehead atoms. The van der Waals surface area contributed by atoms with E-state index in [1.165, 1.54) is 24.3 Å². The molecular weight excluding hydrogens is 417 g/mol. The maximum Gasteiger partial charge on any atom is 0.421 e. The third-order valence-electron chi connectivity index (χ3n) is 7.50. The third kappa shape index (κ3) is 4.49. The summed E-state index contributed by atoms with van der Waals surface area (Å²) in [5.74, 6) is 0.421. The first-order valence-electron chi connectivity index (χ1n) is 11.6. The van der Waals surface area contributed by atoms with Gasteiger partial charge in [-0.25, -0.2) is 0 Å². The minimum Gasteiger partial charge on any atom is -0.376 e. The number of carbonyl (C=O) groups excluding carboxylic acids is 1. The number of dihydropyridines is 1. The van der Waals surface area contributed by atoms with Gasteiger partial charge in [-0.05, 0) is 88.0 Å². The molecule has 4 nitrogen and oxygen atoms in total. The molecule has 0 radical (unpaired) electrons. The van der Waals surface area contributed by atoms with Gasteiger partial charge in [0.1, 0.15) is 0 Å². The number of aliphatic hydroxyl groups is 1. The monoisotopic (exact) mass is 448 g/mol. The van der Waals surface area contributed by atoms with Crippen molar-refractivity contribution >= 4 is 12.1 Å². The van der Waals surface area contributed by atoms with Crippen LogP contribution in [0.15, 0.2) is 41.4 Å². The second-order valence-corrected chi connectivity index (χ2v) is 9.54. The molecule has 0 saturated heterocycles. The lowest BCUT2D eigenvalue weighted by Gasteiger charge is -2.45. The molecule has 1 unspecified atom stereocenters. The molecule has 32 heavy (non-hydrogen) atoms. The highest BCUT2D eigenvalue weighted by molar-refractivity contribution is 5.94. The fourth-order valence-electron chi connectivity index (χ4n) is 5.12. The number of aliphatic imine (C=N–C) groups is 1. The summed E-state index contributed by atoms with van der Waals surface area (Å²) in [4.78, 5) is 20.0. The summed E-state index contributed by atoms with van der Waals surface area (Å²) in [6.07, 6.45) is 9.20. The lowest BCUT2D eigenvalue weighted by atomic mass is 9.78. The van der Waals surface area contributed by atoms with Gasteiger partial charge in [0.05, 0.1) is 6.04 Å². The van der Waals surface area contributed by atoms with Crippen molar-refractivity contribution in [3.05, 3.63) is 47.5 Å². The van der Waals surface area contributed by atoms with E-state index in [1.54, 1.807) is 0 Å². The van der Waals surface area contributed by atoms with E-state index in [4.69, 9.17) is 0 Å². The summed E-state index contributed by atoms with van der Waals surface area (Å²) >= 11 is 0. The molecule has 1 amide bonds. The molecule has 1 aromatic rings. The van der Waals surface area contributed by atoms with Crippen LogP contribution in [-0.4, -0.2) is 46.4 Å². The number of alkyl halides is 3. The van der Waals surface area contributed by atoms with E-state index in [0.717, 1.165) is 58.3 Å². The molecule has 1 heterocycles. The normalized spacial score (nSPS) is 28.1. The van der Waals surface area contributed by atoms with Gasteiger partial charge in [0.15, 0.2) is 5.60 Å². The molecule has 0 aromatic heterocycles. The van der Waals surface area contributed by atoms with Crippen LogP contribution in [0.4, 0.5) is 13.2 Å². The van der Waals surface area contributed by atoms with Crippen molar-refractivity contribution < 1.29 is 23.1 Å². The first-order chi connectivity index (χ1) is 15.2. The molecule has 174 valence electrons. The predicted molar refractivity (Wildman–Crippen MR) is 118 cm³/mol. The van der Waals surface area contributed by atoms with Crippen molar-refractivity contribution in [1.29, 1.82) is 0 Å². The maximum atomic E-state index is 13.4. The molecule has 2 fully saturated rings. The van der Waals surface area contributed by atoms with E-state index in [0.29, 0.717) is 17.5 Å². The minimum absolute atomic E-state index is 0.116. The predicted octanol–water partition coefficient (Wildman–Crippen LogP) is 5.41. The summed E-state index contributed by atoms with van der Waals surface area (Å²) in [6, 6.07) is 5.96. The van der Waals surface area contributed by atoms with Crippen molar-refractivity contribution in [2.24, 2.45) is 10.9 Å². The molecule has 0 spiro atoms. The molecular formula is C25H31F3N2O2. The highest BCUT2D eigenvalue weighted by Crippen LogP contribution is 2.40. The SMILES string of the molecule is C[C@](O)(c1ccc(C(=O)N(C2CCC2)[C@H]2CC[C@H](C3CC=CC=N3)CC2)cc1)C(F)(F)F. The Bertz CT molecular complexity index is 864. The van der Waals surface area contributed by atoms with E-state index >= 15 is 0 Å². The van der Waals surface area contributed by atoms with Gasteiger partial charge in [-0.3, -0.25) is 9.79 Å². The zero-order valence-corrected chi connectivity index (χ0v) is 18.4. The van der Waals surface area contributed by atoms with Crippen LogP contribution in [0.25, 0.3) is 0 Å². The maximum absolute atomic E-state index is 13.4. The number of nitrogens with zero attached hydrogens (tertiary/aromatic N) is 2. The average Bonchev–Trinajstić information content (AvgIpc) is 2.76. The Balaban J connectivity index is 1.46. The minimum atomic E-state index is -4.78. The van der Waals surface area contributed by atoms with E-state index in [2.05, 4.69) is 11.1 Å². The van der Waals surface area contributed by atoms with Gasteiger partial charge in [-0.15, -0.1) is 0 Å². The zero-order chi connectivity index (χ0) is 22.9. The van der Waals surface area contributed by atoms with E-state index in [1.807, 2.05) is 17.2 Å². The zero-order valence-electron chi connectivity index (χ0n) is 18.4. The van der Waals surface area contributed by atoms with Crippen molar-refractivity contribution in [2.75, 3.05) is 0 Å².